The SMILES string of the molecule is O=C(Nc1ccnc2c1OCCCC2)Oc1ccccc1. The summed E-state index contributed by atoms with van der Waals surface area (Å²) in [5, 5.41) is 2.72. The number of anilines is 1. The Hall–Kier alpha value is -2.56. The first-order chi connectivity index (χ1) is 10.3. The van der Waals surface area contributed by atoms with Crippen LogP contribution in [0, 0.1) is 0 Å². The molecule has 0 radical (unpaired) electrons. The summed E-state index contributed by atoms with van der Waals surface area (Å²) in [5.74, 6) is 1.15. The van der Waals surface area contributed by atoms with E-state index < -0.39 is 6.09 Å². The highest BCUT2D eigenvalue weighted by Gasteiger charge is 2.16. The van der Waals surface area contributed by atoms with Gasteiger partial charge in [0.1, 0.15) is 5.75 Å². The van der Waals surface area contributed by atoms with Gasteiger partial charge in [0.25, 0.3) is 0 Å². The maximum atomic E-state index is 11.9. The summed E-state index contributed by atoms with van der Waals surface area (Å²) in [4.78, 5) is 16.3. The molecule has 1 aliphatic heterocycles. The van der Waals surface area contributed by atoms with E-state index in [1.807, 2.05) is 18.2 Å². The van der Waals surface area contributed by atoms with Crippen LogP contribution in [-0.2, 0) is 6.42 Å². The van der Waals surface area contributed by atoms with Crippen molar-refractivity contribution in [3.8, 4) is 11.5 Å². The van der Waals surface area contributed by atoms with Crippen molar-refractivity contribution in [2.24, 2.45) is 0 Å². The number of pyridine rings is 1. The van der Waals surface area contributed by atoms with Crippen LogP contribution in [0.4, 0.5) is 10.5 Å². The van der Waals surface area contributed by atoms with E-state index in [9.17, 15) is 4.79 Å². The summed E-state index contributed by atoms with van der Waals surface area (Å²) >= 11 is 0. The van der Waals surface area contributed by atoms with Gasteiger partial charge in [-0.2, -0.15) is 0 Å². The van der Waals surface area contributed by atoms with Crippen molar-refractivity contribution in [1.29, 1.82) is 0 Å². The number of benzene rings is 1. The minimum atomic E-state index is -0.539. The quantitative estimate of drug-likeness (QED) is 0.918. The Morgan fingerprint density at radius 3 is 2.90 bits per heavy atom. The maximum Gasteiger partial charge on any atom is 0.417 e. The average Bonchev–Trinajstić information content (AvgIpc) is 2.74. The normalized spacial score (nSPS) is 13.5. The van der Waals surface area contributed by atoms with E-state index in [1.54, 1.807) is 24.4 Å². The number of carbonyl (C=O) groups excluding carboxylic acids is 1. The lowest BCUT2D eigenvalue weighted by Crippen LogP contribution is -2.17. The lowest BCUT2D eigenvalue weighted by atomic mass is 10.2. The van der Waals surface area contributed by atoms with Gasteiger partial charge in [0.15, 0.2) is 5.75 Å². The number of aryl methyl sites for hydroxylation is 1. The number of rotatable bonds is 2. The first-order valence-corrected chi connectivity index (χ1v) is 6.97. The molecule has 0 saturated carbocycles. The van der Waals surface area contributed by atoms with Gasteiger partial charge in [0, 0.05) is 6.20 Å². The number of amides is 1. The molecule has 0 saturated heterocycles. The maximum absolute atomic E-state index is 11.9. The second-order valence-electron chi connectivity index (χ2n) is 4.77. The van der Waals surface area contributed by atoms with Crippen molar-refractivity contribution in [1.82, 2.24) is 4.98 Å². The highest BCUT2D eigenvalue weighted by atomic mass is 16.6. The molecule has 5 heteroatoms. The van der Waals surface area contributed by atoms with Gasteiger partial charge in [0.2, 0.25) is 0 Å². The van der Waals surface area contributed by atoms with Crippen molar-refractivity contribution in [2.45, 2.75) is 19.3 Å². The fraction of sp³-hybridized carbons (Fsp3) is 0.250. The molecule has 1 N–H and O–H groups in total. The average molecular weight is 284 g/mol. The van der Waals surface area contributed by atoms with Gasteiger partial charge < -0.3 is 9.47 Å². The van der Waals surface area contributed by atoms with Gasteiger partial charge in [-0.05, 0) is 37.5 Å². The van der Waals surface area contributed by atoms with E-state index in [0.717, 1.165) is 25.0 Å². The molecule has 0 unspecified atom stereocenters. The highest BCUT2D eigenvalue weighted by Crippen LogP contribution is 2.30. The molecule has 2 heterocycles. The molecule has 3 rings (SSSR count). The fourth-order valence-electron chi connectivity index (χ4n) is 2.23. The molecular weight excluding hydrogens is 268 g/mol. The largest absolute Gasteiger partial charge is 0.489 e. The van der Waals surface area contributed by atoms with Crippen molar-refractivity contribution in [3.63, 3.8) is 0 Å². The van der Waals surface area contributed by atoms with Crippen LogP contribution in [0.1, 0.15) is 18.5 Å². The molecule has 2 aromatic rings. The zero-order chi connectivity index (χ0) is 14.5. The first-order valence-electron chi connectivity index (χ1n) is 6.97. The smallest absolute Gasteiger partial charge is 0.417 e. The minimum Gasteiger partial charge on any atom is -0.489 e. The van der Waals surface area contributed by atoms with Crippen molar-refractivity contribution >= 4 is 11.8 Å². The van der Waals surface area contributed by atoms with Crippen LogP contribution >= 0.6 is 0 Å². The summed E-state index contributed by atoms with van der Waals surface area (Å²) in [5.41, 5.74) is 1.48. The van der Waals surface area contributed by atoms with E-state index in [1.165, 1.54) is 0 Å². The van der Waals surface area contributed by atoms with Crippen molar-refractivity contribution in [3.05, 3.63) is 48.3 Å². The summed E-state index contributed by atoms with van der Waals surface area (Å²) in [6.07, 6.45) is 4.02. The Balaban J connectivity index is 1.74. The molecule has 1 aliphatic rings. The van der Waals surface area contributed by atoms with Crippen LogP contribution in [0.5, 0.6) is 11.5 Å². The zero-order valence-electron chi connectivity index (χ0n) is 11.5. The monoisotopic (exact) mass is 284 g/mol. The third-order valence-corrected chi connectivity index (χ3v) is 3.22. The number of nitrogens with zero attached hydrogens (tertiary/aromatic N) is 1. The molecule has 1 aromatic heterocycles. The van der Waals surface area contributed by atoms with Gasteiger partial charge >= 0.3 is 6.09 Å². The number of hydrogen-bond donors (Lipinski definition) is 1. The highest BCUT2D eigenvalue weighted by molar-refractivity contribution is 5.88. The zero-order valence-corrected chi connectivity index (χ0v) is 11.5. The van der Waals surface area contributed by atoms with E-state index in [4.69, 9.17) is 9.47 Å². The van der Waals surface area contributed by atoms with Gasteiger partial charge in [-0.25, -0.2) is 4.79 Å². The van der Waals surface area contributed by atoms with Gasteiger partial charge in [-0.3, -0.25) is 10.3 Å². The molecule has 1 aromatic carbocycles. The van der Waals surface area contributed by atoms with Crippen molar-refractivity contribution < 1.29 is 14.3 Å². The lowest BCUT2D eigenvalue weighted by Gasteiger charge is -2.13. The van der Waals surface area contributed by atoms with Crippen LogP contribution in [0.2, 0.25) is 0 Å². The minimum absolute atomic E-state index is 0.496. The number of nitrogens with one attached hydrogen (secondary N) is 1. The number of carbonyl (C=O) groups is 1. The number of aromatic nitrogens is 1. The Morgan fingerprint density at radius 1 is 1.19 bits per heavy atom. The first kappa shape index (κ1) is 13.4. The van der Waals surface area contributed by atoms with Crippen LogP contribution < -0.4 is 14.8 Å². The summed E-state index contributed by atoms with van der Waals surface area (Å²) < 4.78 is 10.9. The van der Waals surface area contributed by atoms with Gasteiger partial charge in [-0.1, -0.05) is 18.2 Å². The van der Waals surface area contributed by atoms with E-state index in [-0.39, 0.29) is 0 Å². The molecule has 1 amide bonds. The number of fused-ring (bicyclic) bond motifs is 1. The lowest BCUT2D eigenvalue weighted by molar-refractivity contribution is 0.215. The number of para-hydroxylation sites is 1. The van der Waals surface area contributed by atoms with Gasteiger partial charge in [0.05, 0.1) is 18.0 Å². The molecule has 0 aliphatic carbocycles. The predicted octanol–water partition coefficient (Wildman–Crippen LogP) is 3.41. The third kappa shape index (κ3) is 3.31. The van der Waals surface area contributed by atoms with E-state index >= 15 is 0 Å². The van der Waals surface area contributed by atoms with Crippen LogP contribution in [-0.4, -0.2) is 17.7 Å². The molecule has 108 valence electrons. The fourth-order valence-corrected chi connectivity index (χ4v) is 2.23. The molecule has 0 spiro atoms. The van der Waals surface area contributed by atoms with Crippen molar-refractivity contribution in [2.75, 3.05) is 11.9 Å². The molecule has 0 atom stereocenters. The van der Waals surface area contributed by atoms with Crippen LogP contribution in [0.25, 0.3) is 0 Å². The predicted molar refractivity (Wildman–Crippen MR) is 78.8 cm³/mol. The van der Waals surface area contributed by atoms with E-state index in [2.05, 4.69) is 10.3 Å². The molecule has 0 bridgehead atoms. The Bertz CT molecular complexity index is 629. The molecule has 5 nitrogen and oxygen atoms in total. The second-order valence-corrected chi connectivity index (χ2v) is 4.77. The molecule has 0 fully saturated rings. The number of ether oxygens (including phenoxy) is 2. The third-order valence-electron chi connectivity index (χ3n) is 3.22. The van der Waals surface area contributed by atoms with E-state index in [0.29, 0.717) is 23.8 Å². The number of hydrogen-bond acceptors (Lipinski definition) is 4. The Morgan fingerprint density at radius 2 is 2.05 bits per heavy atom. The second kappa shape index (κ2) is 6.26. The Kier molecular flexibility index (Phi) is 4.00. The summed E-state index contributed by atoms with van der Waals surface area (Å²) in [6.45, 7) is 0.640. The van der Waals surface area contributed by atoms with Crippen LogP contribution in [0.3, 0.4) is 0 Å². The molecule has 21 heavy (non-hydrogen) atoms. The Labute approximate surface area is 122 Å². The molecular formula is C16H16N2O3. The standard InChI is InChI=1S/C16H16N2O3/c19-16(21-12-6-2-1-3-7-12)18-14-9-10-17-13-8-4-5-11-20-15(13)14/h1-3,6-7,9-10H,4-5,8,11H2,(H,17,18,19). The van der Waals surface area contributed by atoms with Crippen LogP contribution in [0.15, 0.2) is 42.6 Å². The summed E-state index contributed by atoms with van der Waals surface area (Å²) in [7, 11) is 0. The van der Waals surface area contributed by atoms with Gasteiger partial charge in [-0.15, -0.1) is 0 Å². The summed E-state index contributed by atoms with van der Waals surface area (Å²) in [6, 6.07) is 10.7. The topological polar surface area (TPSA) is 60.5 Å².